The number of carbonyl (C=O) groups is 2. The van der Waals surface area contributed by atoms with Crippen LogP contribution in [0.5, 0.6) is 5.75 Å². The summed E-state index contributed by atoms with van der Waals surface area (Å²) in [5, 5.41) is 5.96. The molecule has 28 heavy (non-hydrogen) atoms. The molecule has 0 aromatic heterocycles. The number of rotatable bonds is 8. The van der Waals surface area contributed by atoms with Crippen molar-refractivity contribution in [3.05, 3.63) is 53.6 Å². The van der Waals surface area contributed by atoms with Crippen LogP contribution >= 0.6 is 0 Å². The molecule has 0 heterocycles. The smallest absolute Gasteiger partial charge is 0.240 e. The van der Waals surface area contributed by atoms with Crippen LogP contribution in [0.25, 0.3) is 0 Å². The molecule has 0 atom stereocenters. The molecule has 2 aromatic rings. The normalized spacial score (nSPS) is 14.2. The van der Waals surface area contributed by atoms with E-state index in [1.165, 1.54) is 0 Å². The summed E-state index contributed by atoms with van der Waals surface area (Å²) in [6, 6.07) is 13.3. The van der Waals surface area contributed by atoms with E-state index in [1.807, 2.05) is 43.3 Å². The zero-order valence-electron chi connectivity index (χ0n) is 16.8. The largest absolute Gasteiger partial charge is 0.492 e. The summed E-state index contributed by atoms with van der Waals surface area (Å²) in [6.07, 6.45) is 2.75. The Labute approximate surface area is 166 Å². The first-order valence-electron chi connectivity index (χ1n) is 10.0. The van der Waals surface area contributed by atoms with E-state index >= 15 is 0 Å². The monoisotopic (exact) mass is 380 g/mol. The minimum absolute atomic E-state index is 0.227. The second-order valence-corrected chi connectivity index (χ2v) is 7.08. The van der Waals surface area contributed by atoms with E-state index < -0.39 is 5.41 Å². The van der Waals surface area contributed by atoms with Crippen molar-refractivity contribution in [1.82, 2.24) is 0 Å². The Bertz CT molecular complexity index is 850. The Balaban J connectivity index is 1.79. The molecule has 1 saturated carbocycles. The van der Waals surface area contributed by atoms with Gasteiger partial charge in [-0.05, 0) is 55.9 Å². The summed E-state index contributed by atoms with van der Waals surface area (Å²) in [6.45, 7) is 6.53. The summed E-state index contributed by atoms with van der Waals surface area (Å²) in [4.78, 5) is 26.0. The summed E-state index contributed by atoms with van der Waals surface area (Å²) in [5.74, 6) is 0.109. The first-order valence-corrected chi connectivity index (χ1v) is 10.0. The van der Waals surface area contributed by atoms with Crippen LogP contribution in [0, 0.1) is 5.41 Å². The Morgan fingerprint density at radius 2 is 1.50 bits per heavy atom. The van der Waals surface area contributed by atoms with Crippen LogP contribution in [-0.2, 0) is 22.4 Å². The number of benzene rings is 2. The van der Waals surface area contributed by atoms with Crippen LogP contribution in [0.1, 0.15) is 44.7 Å². The lowest BCUT2D eigenvalue weighted by Crippen LogP contribution is -2.36. The van der Waals surface area contributed by atoms with Crippen molar-refractivity contribution in [3.63, 3.8) is 0 Å². The van der Waals surface area contributed by atoms with E-state index in [0.717, 1.165) is 29.7 Å². The zero-order valence-corrected chi connectivity index (χ0v) is 16.8. The SMILES string of the molecule is CCOc1ccccc1NC(=O)C1(C(=O)Nc2c(CC)cccc2CC)CC1. The molecule has 5 heteroatoms. The van der Waals surface area contributed by atoms with Crippen molar-refractivity contribution in [2.24, 2.45) is 5.41 Å². The van der Waals surface area contributed by atoms with Gasteiger partial charge < -0.3 is 15.4 Å². The molecule has 0 saturated heterocycles. The molecule has 0 aliphatic heterocycles. The lowest BCUT2D eigenvalue weighted by Gasteiger charge is -2.20. The van der Waals surface area contributed by atoms with Gasteiger partial charge >= 0.3 is 0 Å². The van der Waals surface area contributed by atoms with Crippen LogP contribution in [0.2, 0.25) is 0 Å². The van der Waals surface area contributed by atoms with Gasteiger partial charge in [0.25, 0.3) is 0 Å². The topological polar surface area (TPSA) is 67.4 Å². The Kier molecular flexibility index (Phi) is 6.02. The minimum Gasteiger partial charge on any atom is -0.492 e. The molecular formula is C23H28N2O3. The highest BCUT2D eigenvalue weighted by molar-refractivity contribution is 6.17. The molecule has 3 rings (SSSR count). The number of hydrogen-bond acceptors (Lipinski definition) is 3. The molecule has 1 aliphatic rings. The van der Waals surface area contributed by atoms with E-state index in [2.05, 4.69) is 24.5 Å². The predicted octanol–water partition coefficient (Wildman–Crippen LogP) is 4.57. The van der Waals surface area contributed by atoms with Crippen molar-refractivity contribution in [1.29, 1.82) is 0 Å². The molecule has 1 fully saturated rings. The summed E-state index contributed by atoms with van der Waals surface area (Å²) < 4.78 is 5.57. The molecule has 0 bridgehead atoms. The lowest BCUT2D eigenvalue weighted by molar-refractivity contribution is -0.131. The molecule has 148 valence electrons. The average molecular weight is 380 g/mol. The van der Waals surface area contributed by atoms with Gasteiger partial charge in [0, 0.05) is 5.69 Å². The summed E-state index contributed by atoms with van der Waals surface area (Å²) in [7, 11) is 0. The molecule has 2 amide bonds. The van der Waals surface area contributed by atoms with E-state index in [-0.39, 0.29) is 11.8 Å². The van der Waals surface area contributed by atoms with Gasteiger partial charge in [-0.15, -0.1) is 0 Å². The average Bonchev–Trinajstić information content (AvgIpc) is 3.52. The second kappa shape index (κ2) is 8.46. The molecule has 1 aliphatic carbocycles. The van der Waals surface area contributed by atoms with Crippen molar-refractivity contribution in [2.45, 2.75) is 46.5 Å². The maximum Gasteiger partial charge on any atom is 0.240 e. The van der Waals surface area contributed by atoms with Gasteiger partial charge in [-0.25, -0.2) is 0 Å². The number of nitrogens with one attached hydrogen (secondary N) is 2. The number of para-hydroxylation sites is 3. The van der Waals surface area contributed by atoms with E-state index in [0.29, 0.717) is 30.9 Å². The number of hydrogen-bond donors (Lipinski definition) is 2. The van der Waals surface area contributed by atoms with Crippen LogP contribution < -0.4 is 15.4 Å². The number of aryl methyl sites for hydroxylation is 2. The molecule has 5 nitrogen and oxygen atoms in total. The number of ether oxygens (including phenoxy) is 1. The van der Waals surface area contributed by atoms with Gasteiger partial charge in [-0.2, -0.15) is 0 Å². The third-order valence-electron chi connectivity index (χ3n) is 5.29. The third kappa shape index (κ3) is 3.88. The molecule has 0 radical (unpaired) electrons. The standard InChI is InChI=1S/C23H28N2O3/c1-4-16-10-9-11-17(5-2)20(16)25-22(27)23(14-15-23)21(26)24-18-12-7-8-13-19(18)28-6-3/h7-13H,4-6,14-15H2,1-3H3,(H,24,26)(H,25,27). The van der Waals surface area contributed by atoms with Crippen molar-refractivity contribution in [3.8, 4) is 5.75 Å². The third-order valence-corrected chi connectivity index (χ3v) is 5.29. The molecule has 2 aromatic carbocycles. The van der Waals surface area contributed by atoms with Crippen molar-refractivity contribution >= 4 is 23.2 Å². The fraction of sp³-hybridized carbons (Fsp3) is 0.391. The van der Waals surface area contributed by atoms with Gasteiger partial charge in [0.1, 0.15) is 11.2 Å². The highest BCUT2D eigenvalue weighted by Gasteiger charge is 2.56. The summed E-state index contributed by atoms with van der Waals surface area (Å²) >= 11 is 0. The number of anilines is 2. The van der Waals surface area contributed by atoms with Crippen molar-refractivity contribution < 1.29 is 14.3 Å². The highest BCUT2D eigenvalue weighted by Crippen LogP contribution is 2.48. The van der Waals surface area contributed by atoms with Gasteiger partial charge in [0.2, 0.25) is 11.8 Å². The Hall–Kier alpha value is -2.82. The molecule has 0 spiro atoms. The van der Waals surface area contributed by atoms with Crippen LogP contribution in [-0.4, -0.2) is 18.4 Å². The van der Waals surface area contributed by atoms with E-state index in [9.17, 15) is 9.59 Å². The quantitative estimate of drug-likeness (QED) is 0.659. The van der Waals surface area contributed by atoms with Crippen LogP contribution in [0.15, 0.2) is 42.5 Å². The van der Waals surface area contributed by atoms with E-state index in [1.54, 1.807) is 6.07 Å². The maximum absolute atomic E-state index is 13.1. The van der Waals surface area contributed by atoms with Gasteiger partial charge in [0.15, 0.2) is 0 Å². The number of amides is 2. The zero-order chi connectivity index (χ0) is 20.1. The highest BCUT2D eigenvalue weighted by atomic mass is 16.5. The maximum atomic E-state index is 13.1. The molecule has 2 N–H and O–H groups in total. The Morgan fingerprint density at radius 1 is 0.893 bits per heavy atom. The molecule has 0 unspecified atom stereocenters. The van der Waals surface area contributed by atoms with Crippen LogP contribution in [0.4, 0.5) is 11.4 Å². The minimum atomic E-state index is -1.01. The van der Waals surface area contributed by atoms with Gasteiger partial charge in [-0.1, -0.05) is 44.2 Å². The van der Waals surface area contributed by atoms with E-state index in [4.69, 9.17) is 4.74 Å². The first-order chi connectivity index (χ1) is 13.6. The fourth-order valence-electron chi connectivity index (χ4n) is 3.41. The fourth-order valence-corrected chi connectivity index (χ4v) is 3.41. The second-order valence-electron chi connectivity index (χ2n) is 7.08. The number of carbonyl (C=O) groups excluding carboxylic acids is 2. The predicted molar refractivity (Wildman–Crippen MR) is 112 cm³/mol. The van der Waals surface area contributed by atoms with Gasteiger partial charge in [0.05, 0.1) is 12.3 Å². The molecular weight excluding hydrogens is 352 g/mol. The van der Waals surface area contributed by atoms with Crippen molar-refractivity contribution in [2.75, 3.05) is 17.2 Å². The first kappa shape index (κ1) is 19.9. The lowest BCUT2D eigenvalue weighted by atomic mass is 10.0. The van der Waals surface area contributed by atoms with Gasteiger partial charge in [-0.3, -0.25) is 9.59 Å². The summed E-state index contributed by atoms with van der Waals surface area (Å²) in [5.41, 5.74) is 2.62. The Morgan fingerprint density at radius 3 is 2.07 bits per heavy atom. The van der Waals surface area contributed by atoms with Crippen LogP contribution in [0.3, 0.4) is 0 Å².